The third-order valence-corrected chi connectivity index (χ3v) is 2.42. The number of methoxy groups -OCH3 is 1. The molecule has 0 radical (unpaired) electrons. The molecule has 0 fully saturated rings. The van der Waals surface area contributed by atoms with Gasteiger partial charge in [0, 0.05) is 0 Å². The summed E-state index contributed by atoms with van der Waals surface area (Å²) in [4.78, 5) is 0. The molecular weight excluding hydrogens is 262 g/mol. The maximum Gasteiger partial charge on any atom is 0.420 e. The van der Waals surface area contributed by atoms with Crippen molar-refractivity contribution in [2.75, 3.05) is 7.11 Å². The standard InChI is InChI=1S/C11H10F6O/c1-3-6-4-5-7(10(12,13)14)9(18-2)8(6)11(15,16)17/h4-5H,3H2,1-2H3. The summed E-state index contributed by atoms with van der Waals surface area (Å²) in [5, 5.41) is 0. The van der Waals surface area contributed by atoms with Crippen LogP contribution >= 0.6 is 0 Å². The molecule has 1 aromatic rings. The molecule has 0 aliphatic heterocycles. The molecule has 7 heteroatoms. The molecule has 18 heavy (non-hydrogen) atoms. The van der Waals surface area contributed by atoms with Crippen molar-refractivity contribution in [1.82, 2.24) is 0 Å². The minimum absolute atomic E-state index is 0.0384. The summed E-state index contributed by atoms with van der Waals surface area (Å²) in [5.74, 6) is -1.17. The van der Waals surface area contributed by atoms with E-state index in [1.165, 1.54) is 6.92 Å². The molecule has 0 bridgehead atoms. The minimum atomic E-state index is -4.89. The van der Waals surface area contributed by atoms with Crippen molar-refractivity contribution < 1.29 is 31.1 Å². The third kappa shape index (κ3) is 2.70. The molecule has 0 aliphatic rings. The van der Waals surface area contributed by atoms with E-state index in [1.54, 1.807) is 0 Å². The lowest BCUT2D eigenvalue weighted by atomic mass is 9.99. The summed E-state index contributed by atoms with van der Waals surface area (Å²) in [6.45, 7) is 1.43. The van der Waals surface area contributed by atoms with Gasteiger partial charge in [0.2, 0.25) is 0 Å². The SMILES string of the molecule is CCc1ccc(C(F)(F)F)c(OC)c1C(F)(F)F. The Labute approximate surface area is 99.4 Å². The number of hydrogen-bond acceptors (Lipinski definition) is 1. The number of benzene rings is 1. The van der Waals surface area contributed by atoms with Gasteiger partial charge in [0.1, 0.15) is 11.3 Å². The summed E-state index contributed by atoms with van der Waals surface area (Å²) in [6.07, 6.45) is -9.82. The fraction of sp³-hybridized carbons (Fsp3) is 0.455. The first-order chi connectivity index (χ1) is 8.12. The van der Waals surface area contributed by atoms with Crippen LogP contribution in [0.4, 0.5) is 26.3 Å². The normalized spacial score (nSPS) is 12.7. The molecule has 0 saturated carbocycles. The molecule has 0 amide bonds. The van der Waals surface area contributed by atoms with Gasteiger partial charge in [0.05, 0.1) is 12.7 Å². The van der Waals surface area contributed by atoms with E-state index < -0.39 is 29.2 Å². The Morgan fingerprint density at radius 3 is 1.89 bits per heavy atom. The highest BCUT2D eigenvalue weighted by molar-refractivity contribution is 5.49. The fourth-order valence-electron chi connectivity index (χ4n) is 1.66. The van der Waals surface area contributed by atoms with E-state index >= 15 is 0 Å². The van der Waals surface area contributed by atoms with Crippen molar-refractivity contribution in [2.45, 2.75) is 25.7 Å². The Bertz CT molecular complexity index is 432. The van der Waals surface area contributed by atoms with E-state index in [9.17, 15) is 26.3 Å². The first kappa shape index (κ1) is 14.7. The number of alkyl halides is 6. The Morgan fingerprint density at radius 2 is 1.56 bits per heavy atom. The Balaban J connectivity index is 3.64. The van der Waals surface area contributed by atoms with Gasteiger partial charge in [0.15, 0.2) is 0 Å². The van der Waals surface area contributed by atoms with Crippen molar-refractivity contribution in [3.63, 3.8) is 0 Å². The van der Waals surface area contributed by atoms with E-state index in [2.05, 4.69) is 4.74 Å². The summed E-state index contributed by atoms with van der Waals surface area (Å²) in [5.41, 5.74) is -3.01. The smallest absolute Gasteiger partial charge is 0.420 e. The van der Waals surface area contributed by atoms with Gasteiger partial charge in [-0.15, -0.1) is 0 Å². The molecule has 0 saturated heterocycles. The molecule has 0 N–H and O–H groups in total. The van der Waals surface area contributed by atoms with Crippen molar-refractivity contribution in [3.05, 3.63) is 28.8 Å². The average Bonchev–Trinajstić information content (AvgIpc) is 2.24. The fourth-order valence-corrected chi connectivity index (χ4v) is 1.66. The second-order valence-electron chi connectivity index (χ2n) is 3.53. The second kappa shape index (κ2) is 4.70. The van der Waals surface area contributed by atoms with E-state index in [0.29, 0.717) is 6.07 Å². The molecule has 1 aromatic carbocycles. The molecule has 1 rings (SSSR count). The average molecular weight is 272 g/mol. The predicted molar refractivity (Wildman–Crippen MR) is 52.4 cm³/mol. The van der Waals surface area contributed by atoms with Gasteiger partial charge in [-0.3, -0.25) is 0 Å². The Hall–Kier alpha value is -1.40. The highest BCUT2D eigenvalue weighted by Gasteiger charge is 2.43. The summed E-state index contributed by atoms with van der Waals surface area (Å²) < 4.78 is 80.5. The third-order valence-electron chi connectivity index (χ3n) is 2.42. The van der Waals surface area contributed by atoms with Crippen LogP contribution in [-0.2, 0) is 18.8 Å². The Morgan fingerprint density at radius 1 is 1.00 bits per heavy atom. The van der Waals surface area contributed by atoms with Gasteiger partial charge >= 0.3 is 12.4 Å². The zero-order valence-corrected chi connectivity index (χ0v) is 9.54. The van der Waals surface area contributed by atoms with Gasteiger partial charge in [-0.05, 0) is 18.1 Å². The van der Waals surface area contributed by atoms with Crippen LogP contribution in [0.25, 0.3) is 0 Å². The molecule has 0 atom stereocenters. The van der Waals surface area contributed by atoms with Gasteiger partial charge in [-0.25, -0.2) is 0 Å². The van der Waals surface area contributed by atoms with Gasteiger partial charge < -0.3 is 4.74 Å². The van der Waals surface area contributed by atoms with Crippen LogP contribution in [-0.4, -0.2) is 7.11 Å². The highest BCUT2D eigenvalue weighted by Crippen LogP contribution is 2.45. The predicted octanol–water partition coefficient (Wildman–Crippen LogP) is 4.30. The van der Waals surface area contributed by atoms with Crippen LogP contribution in [0.1, 0.15) is 23.6 Å². The van der Waals surface area contributed by atoms with E-state index in [-0.39, 0.29) is 12.0 Å². The molecule has 0 spiro atoms. The molecule has 0 aliphatic carbocycles. The van der Waals surface area contributed by atoms with Crippen molar-refractivity contribution in [2.24, 2.45) is 0 Å². The van der Waals surface area contributed by atoms with Crippen molar-refractivity contribution in [3.8, 4) is 5.75 Å². The summed E-state index contributed by atoms with van der Waals surface area (Å²) in [7, 11) is 0.791. The zero-order chi connectivity index (χ0) is 14.1. The van der Waals surface area contributed by atoms with Crippen molar-refractivity contribution >= 4 is 0 Å². The van der Waals surface area contributed by atoms with Crippen LogP contribution in [0, 0.1) is 0 Å². The van der Waals surface area contributed by atoms with Crippen LogP contribution < -0.4 is 4.74 Å². The molecule has 0 aromatic heterocycles. The number of halogens is 6. The number of ether oxygens (including phenoxy) is 1. The quantitative estimate of drug-likeness (QED) is 0.729. The maximum absolute atomic E-state index is 12.8. The van der Waals surface area contributed by atoms with E-state index in [0.717, 1.165) is 13.2 Å². The second-order valence-corrected chi connectivity index (χ2v) is 3.53. The first-order valence-electron chi connectivity index (χ1n) is 4.97. The van der Waals surface area contributed by atoms with Gasteiger partial charge in [0.25, 0.3) is 0 Å². The first-order valence-corrected chi connectivity index (χ1v) is 4.97. The van der Waals surface area contributed by atoms with Crippen LogP contribution in [0.3, 0.4) is 0 Å². The highest BCUT2D eigenvalue weighted by atomic mass is 19.4. The van der Waals surface area contributed by atoms with Gasteiger partial charge in [-0.2, -0.15) is 26.3 Å². The lowest BCUT2D eigenvalue weighted by Gasteiger charge is -2.20. The van der Waals surface area contributed by atoms with Crippen LogP contribution in [0.2, 0.25) is 0 Å². The molecule has 1 nitrogen and oxygen atoms in total. The monoisotopic (exact) mass is 272 g/mol. The molecule has 0 unspecified atom stereocenters. The number of aryl methyl sites for hydroxylation is 1. The lowest BCUT2D eigenvalue weighted by molar-refractivity contribution is -0.145. The Kier molecular flexibility index (Phi) is 3.83. The van der Waals surface area contributed by atoms with Gasteiger partial charge in [-0.1, -0.05) is 13.0 Å². The zero-order valence-electron chi connectivity index (χ0n) is 9.54. The minimum Gasteiger partial charge on any atom is -0.495 e. The largest absolute Gasteiger partial charge is 0.495 e. The topological polar surface area (TPSA) is 9.23 Å². The van der Waals surface area contributed by atoms with Crippen LogP contribution in [0.5, 0.6) is 5.75 Å². The van der Waals surface area contributed by atoms with Crippen LogP contribution in [0.15, 0.2) is 12.1 Å². The van der Waals surface area contributed by atoms with E-state index in [1.807, 2.05) is 0 Å². The number of rotatable bonds is 2. The summed E-state index contributed by atoms with van der Waals surface area (Å²) >= 11 is 0. The molecule has 0 heterocycles. The number of hydrogen-bond donors (Lipinski definition) is 0. The molecule has 102 valence electrons. The maximum atomic E-state index is 12.8. The summed E-state index contributed by atoms with van der Waals surface area (Å²) in [6, 6.07) is 1.43. The van der Waals surface area contributed by atoms with Crippen molar-refractivity contribution in [1.29, 1.82) is 0 Å². The molecular formula is C11H10F6O. The van der Waals surface area contributed by atoms with E-state index in [4.69, 9.17) is 0 Å². The lowest BCUT2D eigenvalue weighted by Crippen LogP contribution is -2.16.